The molecular weight excluding hydrogens is 222 g/mol. The molecule has 0 bridgehead atoms. The highest BCUT2D eigenvalue weighted by molar-refractivity contribution is 6.35. The summed E-state index contributed by atoms with van der Waals surface area (Å²) < 4.78 is 5.70. The van der Waals surface area contributed by atoms with Gasteiger partial charge in [0.05, 0.1) is 11.1 Å². The van der Waals surface area contributed by atoms with E-state index in [0.717, 1.165) is 23.2 Å². The highest BCUT2D eigenvalue weighted by Crippen LogP contribution is 2.30. The summed E-state index contributed by atoms with van der Waals surface area (Å²) in [6, 6.07) is 7.55. The van der Waals surface area contributed by atoms with Crippen molar-refractivity contribution in [3.05, 3.63) is 35.0 Å². The molecule has 0 unspecified atom stereocenters. The molecule has 0 spiro atoms. The first-order valence-corrected chi connectivity index (χ1v) is 5.89. The van der Waals surface area contributed by atoms with E-state index >= 15 is 0 Å². The zero-order chi connectivity index (χ0) is 11.7. The molecule has 86 valence electrons. The number of nitrogens with two attached hydrogens (primary N) is 1. The molecule has 0 radical (unpaired) electrons. The number of rotatable bonds is 3. The molecule has 0 amide bonds. The molecule has 3 heteroatoms. The summed E-state index contributed by atoms with van der Waals surface area (Å²) in [7, 11) is 0. The van der Waals surface area contributed by atoms with Crippen LogP contribution in [0, 0.1) is 5.92 Å². The monoisotopic (exact) mass is 237 g/mol. The number of halogens is 1. The van der Waals surface area contributed by atoms with E-state index in [4.69, 9.17) is 21.8 Å². The zero-order valence-corrected chi connectivity index (χ0v) is 10.3. The van der Waals surface area contributed by atoms with E-state index in [0.29, 0.717) is 10.9 Å². The van der Waals surface area contributed by atoms with Crippen molar-refractivity contribution >= 4 is 22.6 Å². The van der Waals surface area contributed by atoms with Gasteiger partial charge in [-0.1, -0.05) is 31.5 Å². The fourth-order valence-electron chi connectivity index (χ4n) is 1.85. The predicted molar refractivity (Wildman–Crippen MR) is 67.6 cm³/mol. The Hall–Kier alpha value is -0.990. The lowest BCUT2D eigenvalue weighted by Crippen LogP contribution is -2.11. The predicted octanol–water partition coefficient (Wildman–Crippen LogP) is 4.13. The van der Waals surface area contributed by atoms with Gasteiger partial charge >= 0.3 is 0 Å². The Labute approximate surface area is 100 Å². The van der Waals surface area contributed by atoms with Crippen LogP contribution in [0.4, 0.5) is 0 Å². The van der Waals surface area contributed by atoms with Gasteiger partial charge in [-0.3, -0.25) is 0 Å². The van der Waals surface area contributed by atoms with Crippen LogP contribution in [-0.4, -0.2) is 0 Å². The quantitative estimate of drug-likeness (QED) is 0.872. The van der Waals surface area contributed by atoms with Gasteiger partial charge in [0.1, 0.15) is 11.3 Å². The van der Waals surface area contributed by atoms with Crippen LogP contribution in [0.1, 0.15) is 32.1 Å². The summed E-state index contributed by atoms with van der Waals surface area (Å²) in [5.41, 5.74) is 6.88. The number of fused-ring (bicyclic) bond motifs is 1. The molecule has 2 aromatic rings. The van der Waals surface area contributed by atoms with E-state index in [1.165, 1.54) is 0 Å². The highest BCUT2D eigenvalue weighted by Gasteiger charge is 2.14. The Balaban J connectivity index is 2.36. The van der Waals surface area contributed by atoms with Crippen molar-refractivity contribution in [1.82, 2.24) is 0 Å². The molecular formula is C13H16ClNO. The van der Waals surface area contributed by atoms with Crippen LogP contribution in [0.2, 0.25) is 5.02 Å². The Morgan fingerprint density at radius 1 is 1.38 bits per heavy atom. The molecule has 0 saturated heterocycles. The van der Waals surface area contributed by atoms with Crippen molar-refractivity contribution in [2.75, 3.05) is 0 Å². The zero-order valence-electron chi connectivity index (χ0n) is 9.53. The number of hydrogen-bond donors (Lipinski definition) is 1. The second kappa shape index (κ2) is 4.48. The van der Waals surface area contributed by atoms with Crippen LogP contribution in [0.3, 0.4) is 0 Å². The van der Waals surface area contributed by atoms with Gasteiger partial charge in [0.2, 0.25) is 0 Å². The molecule has 0 fully saturated rings. The second-order valence-electron chi connectivity index (χ2n) is 4.54. The van der Waals surface area contributed by atoms with Crippen LogP contribution in [0.5, 0.6) is 0 Å². The van der Waals surface area contributed by atoms with E-state index in [-0.39, 0.29) is 6.04 Å². The normalized spacial score (nSPS) is 13.6. The lowest BCUT2D eigenvalue weighted by atomic mass is 10.0. The van der Waals surface area contributed by atoms with Gasteiger partial charge in [0.15, 0.2) is 0 Å². The maximum absolute atomic E-state index is 6.08. The minimum absolute atomic E-state index is 0.0523. The second-order valence-corrected chi connectivity index (χ2v) is 4.94. The van der Waals surface area contributed by atoms with Crippen LogP contribution < -0.4 is 5.73 Å². The minimum Gasteiger partial charge on any atom is -0.459 e. The molecule has 0 aliphatic rings. The number of hydrogen-bond acceptors (Lipinski definition) is 2. The molecule has 0 aliphatic carbocycles. The third kappa shape index (κ3) is 2.23. The molecule has 0 saturated carbocycles. The lowest BCUT2D eigenvalue weighted by molar-refractivity contribution is 0.431. The Morgan fingerprint density at radius 2 is 2.12 bits per heavy atom. The molecule has 2 N–H and O–H groups in total. The van der Waals surface area contributed by atoms with Crippen molar-refractivity contribution < 1.29 is 4.42 Å². The van der Waals surface area contributed by atoms with Crippen molar-refractivity contribution in [1.29, 1.82) is 0 Å². The van der Waals surface area contributed by atoms with Gasteiger partial charge < -0.3 is 10.2 Å². The first kappa shape index (κ1) is 11.5. The summed E-state index contributed by atoms with van der Waals surface area (Å²) in [4.78, 5) is 0. The molecule has 16 heavy (non-hydrogen) atoms. The topological polar surface area (TPSA) is 39.2 Å². The Kier molecular flexibility index (Phi) is 3.22. The lowest BCUT2D eigenvalue weighted by Gasteiger charge is -2.10. The van der Waals surface area contributed by atoms with Crippen molar-refractivity contribution in [3.63, 3.8) is 0 Å². The molecule has 1 aromatic carbocycles. The SMILES string of the molecule is CC(C)C[C@@H](N)c1cc2c(Cl)cccc2o1. The van der Waals surface area contributed by atoms with Crippen molar-refractivity contribution in [2.45, 2.75) is 26.3 Å². The van der Waals surface area contributed by atoms with Gasteiger partial charge in [-0.15, -0.1) is 0 Å². The van der Waals surface area contributed by atoms with Gasteiger partial charge in [-0.2, -0.15) is 0 Å². The first-order valence-electron chi connectivity index (χ1n) is 5.51. The largest absolute Gasteiger partial charge is 0.459 e. The van der Waals surface area contributed by atoms with Crippen LogP contribution >= 0.6 is 11.6 Å². The summed E-state index contributed by atoms with van der Waals surface area (Å²) in [5.74, 6) is 1.37. The van der Waals surface area contributed by atoms with E-state index in [1.807, 2.05) is 24.3 Å². The van der Waals surface area contributed by atoms with Crippen molar-refractivity contribution in [3.8, 4) is 0 Å². The van der Waals surface area contributed by atoms with Crippen LogP contribution in [-0.2, 0) is 0 Å². The summed E-state index contributed by atoms with van der Waals surface area (Å²) in [6.07, 6.45) is 0.914. The van der Waals surface area contributed by atoms with Crippen LogP contribution in [0.15, 0.2) is 28.7 Å². The minimum atomic E-state index is -0.0523. The standard InChI is InChI=1S/C13H16ClNO/c1-8(2)6-11(15)13-7-9-10(14)4-3-5-12(9)16-13/h3-5,7-8,11H,6,15H2,1-2H3/t11-/m1/s1. The average Bonchev–Trinajstić information content (AvgIpc) is 2.61. The summed E-state index contributed by atoms with van der Waals surface area (Å²) in [5, 5.41) is 1.66. The summed E-state index contributed by atoms with van der Waals surface area (Å²) in [6.45, 7) is 4.30. The molecule has 1 atom stereocenters. The van der Waals surface area contributed by atoms with Gasteiger partial charge in [-0.05, 0) is 30.5 Å². The first-order chi connectivity index (χ1) is 7.58. The third-order valence-corrected chi connectivity index (χ3v) is 2.95. The highest BCUT2D eigenvalue weighted by atomic mass is 35.5. The molecule has 2 nitrogen and oxygen atoms in total. The molecule has 0 aliphatic heterocycles. The number of benzene rings is 1. The van der Waals surface area contributed by atoms with Crippen LogP contribution in [0.25, 0.3) is 11.0 Å². The third-order valence-electron chi connectivity index (χ3n) is 2.62. The average molecular weight is 238 g/mol. The maximum Gasteiger partial charge on any atom is 0.135 e. The van der Waals surface area contributed by atoms with Gasteiger partial charge in [0.25, 0.3) is 0 Å². The fraction of sp³-hybridized carbons (Fsp3) is 0.385. The van der Waals surface area contributed by atoms with E-state index in [9.17, 15) is 0 Å². The van der Waals surface area contributed by atoms with Gasteiger partial charge in [-0.25, -0.2) is 0 Å². The van der Waals surface area contributed by atoms with Crippen molar-refractivity contribution in [2.24, 2.45) is 11.7 Å². The Bertz CT molecular complexity index is 490. The van der Waals surface area contributed by atoms with E-state index in [2.05, 4.69) is 13.8 Å². The molecule has 1 heterocycles. The summed E-state index contributed by atoms with van der Waals surface area (Å²) >= 11 is 6.08. The fourth-order valence-corrected chi connectivity index (χ4v) is 2.07. The van der Waals surface area contributed by atoms with E-state index < -0.39 is 0 Å². The smallest absolute Gasteiger partial charge is 0.135 e. The Morgan fingerprint density at radius 3 is 2.75 bits per heavy atom. The van der Waals surface area contributed by atoms with Gasteiger partial charge in [0, 0.05) is 5.39 Å². The molecule has 2 rings (SSSR count). The van der Waals surface area contributed by atoms with E-state index in [1.54, 1.807) is 0 Å². The maximum atomic E-state index is 6.08. The molecule has 1 aromatic heterocycles. The number of furan rings is 1.